The summed E-state index contributed by atoms with van der Waals surface area (Å²) in [5, 5.41) is 0. The van der Waals surface area contributed by atoms with Crippen molar-refractivity contribution >= 4 is 24.8 Å². The summed E-state index contributed by atoms with van der Waals surface area (Å²) in [7, 11) is 0. The molecule has 1 N–H and O–H groups in total. The van der Waals surface area contributed by atoms with Gasteiger partial charge in [-0.25, -0.2) is 5.57 Å². The Morgan fingerprint density at radius 3 is 1.65 bits per heavy atom. The number of nitrogens with one attached hydrogen (secondary N) is 1. The Hall–Kier alpha value is 0.313. The number of halogens is 3. The maximum Gasteiger partial charge on any atom is 0.0174 e. The molecule has 1 aromatic carbocycles. The minimum atomic E-state index is 0. The minimum absolute atomic E-state index is 0. The molecule has 1 aliphatic carbocycles. The van der Waals surface area contributed by atoms with Gasteiger partial charge in [-0.1, -0.05) is 54.8 Å². The fourth-order valence-electron chi connectivity index (χ4n) is 1.61. The molecule has 0 amide bonds. The zero-order valence-electron chi connectivity index (χ0n) is 14.5. The molecule has 0 saturated carbocycles. The van der Waals surface area contributed by atoms with Crippen LogP contribution in [-0.4, -0.2) is 3.21 Å². The van der Waals surface area contributed by atoms with Crippen LogP contribution < -0.4 is 24.8 Å². The molecule has 1 nitrogen and oxygen atoms in total. The first-order valence-corrected chi connectivity index (χ1v) is 8.94. The molecular formula is C18H24BrCl2NZr-2. The number of hydrogen-bond donors (Lipinski definition) is 0. The Morgan fingerprint density at radius 1 is 1.09 bits per heavy atom. The smallest absolute Gasteiger partial charge is 0.0174 e. The monoisotopic (exact) mass is 493 g/mol. The van der Waals surface area contributed by atoms with E-state index in [1.807, 2.05) is 12.1 Å². The van der Waals surface area contributed by atoms with E-state index in [1.54, 1.807) is 36.4 Å². The van der Waals surface area contributed by atoms with Gasteiger partial charge >= 0.3 is 41.3 Å². The third kappa shape index (κ3) is 13.3. The average molecular weight is 496 g/mol. The molecule has 1 atom stereocenters. The van der Waals surface area contributed by atoms with Crippen molar-refractivity contribution in [2.45, 2.75) is 41.5 Å². The molecule has 1 unspecified atom stereocenters. The summed E-state index contributed by atoms with van der Waals surface area (Å²) in [4.78, 5) is 0. The van der Waals surface area contributed by atoms with Gasteiger partial charge in [-0.05, 0) is 12.1 Å². The molecule has 2 rings (SSSR count). The van der Waals surface area contributed by atoms with Crippen LogP contribution in [0.25, 0.3) is 5.73 Å². The normalized spacial score (nSPS) is 15.0. The van der Waals surface area contributed by atoms with Crippen molar-refractivity contribution in [3.05, 3.63) is 57.3 Å². The van der Waals surface area contributed by atoms with Crippen LogP contribution in [0.15, 0.2) is 45.5 Å². The van der Waals surface area contributed by atoms with Gasteiger partial charge in [0.25, 0.3) is 0 Å². The van der Waals surface area contributed by atoms with Crippen LogP contribution in [-0.2, 0) is 24.2 Å². The SMILES string of the molecule is CC1=[C-]C(C)C(C)=C1C.C[C](C)=[Zr+2].[Cl-].[Cl-].[NH-]c1ccc(Br)cc1. The maximum absolute atomic E-state index is 7.07. The first-order valence-electron chi connectivity index (χ1n) is 6.92. The molecule has 0 saturated heterocycles. The third-order valence-electron chi connectivity index (χ3n) is 3.08. The molecule has 0 heterocycles. The molecule has 23 heavy (non-hydrogen) atoms. The van der Waals surface area contributed by atoms with Gasteiger partial charge in [0.2, 0.25) is 0 Å². The number of benzene rings is 1. The second kappa shape index (κ2) is 14.6. The van der Waals surface area contributed by atoms with Crippen molar-refractivity contribution in [3.63, 3.8) is 0 Å². The quantitative estimate of drug-likeness (QED) is 0.471. The summed E-state index contributed by atoms with van der Waals surface area (Å²) in [5.41, 5.74) is 11.9. The van der Waals surface area contributed by atoms with E-state index < -0.39 is 0 Å². The zero-order valence-corrected chi connectivity index (χ0v) is 20.1. The standard InChI is InChI=1S/C9H13.C6H5BrN.C3H6.2ClH.Zr/c1-6-5-7(2)9(4)8(6)3;7-5-1-3-6(8)4-2-5;1-3-2;;;/h6H,1-4H3;1-4,8H;1-2H3;2*1H;/q2*-1;;;;+2/p-2. The van der Waals surface area contributed by atoms with E-state index in [2.05, 4.69) is 63.5 Å². The molecule has 5 heteroatoms. The Morgan fingerprint density at radius 2 is 1.48 bits per heavy atom. The predicted molar refractivity (Wildman–Crippen MR) is 94.4 cm³/mol. The largest absolute Gasteiger partial charge is 1.00 e. The van der Waals surface area contributed by atoms with Crippen molar-refractivity contribution in [2.24, 2.45) is 5.92 Å². The molecule has 128 valence electrons. The van der Waals surface area contributed by atoms with Crippen molar-refractivity contribution in [2.75, 3.05) is 0 Å². The topological polar surface area (TPSA) is 23.8 Å². The van der Waals surface area contributed by atoms with Gasteiger partial charge < -0.3 is 30.5 Å². The fraction of sp³-hybridized carbons (Fsp3) is 0.389. The van der Waals surface area contributed by atoms with Gasteiger partial charge in [0.15, 0.2) is 0 Å². The summed E-state index contributed by atoms with van der Waals surface area (Å²) in [6.07, 6.45) is 3.36. The average Bonchev–Trinajstić information content (AvgIpc) is 2.60. The van der Waals surface area contributed by atoms with Crippen LogP contribution in [0, 0.1) is 12.0 Å². The van der Waals surface area contributed by atoms with Crippen LogP contribution in [0.5, 0.6) is 0 Å². The van der Waals surface area contributed by atoms with Crippen LogP contribution in [0.1, 0.15) is 41.5 Å². The van der Waals surface area contributed by atoms with Gasteiger partial charge in [0.05, 0.1) is 0 Å². The van der Waals surface area contributed by atoms with Crippen LogP contribution in [0.2, 0.25) is 0 Å². The van der Waals surface area contributed by atoms with E-state index in [0.29, 0.717) is 11.6 Å². The van der Waals surface area contributed by atoms with Crippen LogP contribution in [0.3, 0.4) is 0 Å². The van der Waals surface area contributed by atoms with Crippen molar-refractivity contribution in [1.82, 2.24) is 0 Å². The Balaban J connectivity index is -0.000000267. The molecule has 1 aliphatic rings. The van der Waals surface area contributed by atoms with Gasteiger partial charge in [-0.2, -0.15) is 11.1 Å². The molecule has 1 aromatic rings. The summed E-state index contributed by atoms with van der Waals surface area (Å²) in [6, 6.07) is 7.18. The third-order valence-corrected chi connectivity index (χ3v) is 3.61. The van der Waals surface area contributed by atoms with Crippen molar-refractivity contribution < 1.29 is 49.0 Å². The molecule has 0 fully saturated rings. The second-order valence-corrected chi connectivity index (χ2v) is 8.68. The van der Waals surface area contributed by atoms with E-state index in [-0.39, 0.29) is 24.8 Å². The van der Waals surface area contributed by atoms with Crippen LogP contribution >= 0.6 is 15.9 Å². The first kappa shape index (κ1) is 28.1. The summed E-state index contributed by atoms with van der Waals surface area (Å²) in [5.74, 6) is 0.560. The zero-order chi connectivity index (χ0) is 16.6. The molecule has 0 aliphatic heterocycles. The first-order chi connectivity index (χ1) is 9.65. The predicted octanol–water partition coefficient (Wildman–Crippen LogP) is 0.608. The molecule has 0 aromatic heterocycles. The maximum atomic E-state index is 7.07. The summed E-state index contributed by atoms with van der Waals surface area (Å²) < 4.78 is 2.53. The summed E-state index contributed by atoms with van der Waals surface area (Å²) in [6.45, 7) is 12.9. The molecule has 0 spiro atoms. The Labute approximate surface area is 177 Å². The van der Waals surface area contributed by atoms with E-state index in [0.717, 1.165) is 4.47 Å². The van der Waals surface area contributed by atoms with Gasteiger partial charge in [-0.3, -0.25) is 6.08 Å². The second-order valence-electron chi connectivity index (χ2n) is 5.31. The van der Waals surface area contributed by atoms with Crippen LogP contribution in [0.4, 0.5) is 5.69 Å². The van der Waals surface area contributed by atoms with E-state index in [4.69, 9.17) is 5.73 Å². The van der Waals surface area contributed by atoms with Crippen molar-refractivity contribution in [3.8, 4) is 0 Å². The fourth-order valence-corrected chi connectivity index (χ4v) is 1.88. The van der Waals surface area contributed by atoms with Gasteiger partial charge in [0, 0.05) is 4.47 Å². The number of hydrogen-bond acceptors (Lipinski definition) is 0. The van der Waals surface area contributed by atoms with E-state index in [9.17, 15) is 0 Å². The van der Waals surface area contributed by atoms with E-state index >= 15 is 0 Å². The van der Waals surface area contributed by atoms with Crippen molar-refractivity contribution in [1.29, 1.82) is 0 Å². The number of allylic oxidation sites excluding steroid dienone is 4. The van der Waals surface area contributed by atoms with Gasteiger partial charge in [-0.15, -0.1) is 12.6 Å². The minimum Gasteiger partial charge on any atom is -1.00 e. The molecule has 0 radical (unpaired) electrons. The van der Waals surface area contributed by atoms with Gasteiger partial charge in [0.1, 0.15) is 0 Å². The Bertz CT molecular complexity index is 511. The van der Waals surface area contributed by atoms with E-state index in [1.165, 1.54) is 19.9 Å². The Kier molecular flexibility index (Phi) is 17.9. The molecular weight excluding hydrogens is 472 g/mol. The molecule has 0 bridgehead atoms. The number of rotatable bonds is 0. The summed E-state index contributed by atoms with van der Waals surface area (Å²) >= 11 is 4.82.